The molecule has 1 atom stereocenters. The van der Waals surface area contributed by atoms with Crippen LogP contribution in [0.4, 0.5) is 0 Å². The van der Waals surface area contributed by atoms with Crippen LogP contribution in [0.25, 0.3) is 0 Å². The monoisotopic (exact) mass is 199 g/mol. The molecule has 0 rings (SSSR count). The molecule has 0 heterocycles. The van der Waals surface area contributed by atoms with Crippen molar-refractivity contribution < 1.29 is 13.6 Å². The van der Waals surface area contributed by atoms with Crippen molar-refractivity contribution in [2.45, 2.75) is 6.42 Å². The summed E-state index contributed by atoms with van der Waals surface area (Å²) in [6.07, 6.45) is 10.5. The molecule has 0 aromatic rings. The van der Waals surface area contributed by atoms with Crippen molar-refractivity contribution >= 4 is 8.25 Å². The van der Waals surface area contributed by atoms with Gasteiger partial charge in [-0.2, -0.15) is 0 Å². The molecule has 70 valence electrons. The van der Waals surface area contributed by atoms with Gasteiger partial charge in [0, 0.05) is 11.0 Å². The van der Waals surface area contributed by atoms with E-state index in [1.165, 1.54) is 6.08 Å². The molecule has 0 aromatic heterocycles. The maximum Gasteiger partial charge on any atom is 0.698 e. The van der Waals surface area contributed by atoms with Gasteiger partial charge in [-0.15, -0.1) is 28.0 Å². The Balaban J connectivity index is 3.37. The smallest absolute Gasteiger partial charge is 0.120 e. The van der Waals surface area contributed by atoms with Gasteiger partial charge in [0.2, 0.25) is 0 Å². The first-order valence-corrected chi connectivity index (χ1v) is 4.83. The van der Waals surface area contributed by atoms with E-state index in [4.69, 9.17) is 15.5 Å². The van der Waals surface area contributed by atoms with Gasteiger partial charge in [0.25, 0.3) is 0 Å². The number of hydrogen-bond donors (Lipinski definition) is 0. The zero-order valence-electron chi connectivity index (χ0n) is 7.31. The summed E-state index contributed by atoms with van der Waals surface area (Å²) in [5, 5.41) is 0. The van der Waals surface area contributed by atoms with Crippen molar-refractivity contribution in [1.82, 2.24) is 0 Å². The van der Waals surface area contributed by atoms with Crippen LogP contribution in [-0.2, 0) is 13.6 Å². The molecule has 0 aliphatic rings. The molecule has 1 unspecified atom stereocenters. The SMILES string of the molecule is C#CCC=CCO[P+](=O)OCC=C. The predicted molar refractivity (Wildman–Crippen MR) is 52.3 cm³/mol. The van der Waals surface area contributed by atoms with Crippen molar-refractivity contribution in [3.63, 3.8) is 0 Å². The third-order valence-electron chi connectivity index (χ3n) is 0.976. The van der Waals surface area contributed by atoms with Crippen LogP contribution in [0.5, 0.6) is 0 Å². The lowest BCUT2D eigenvalue weighted by molar-refractivity contribution is 0.261. The topological polar surface area (TPSA) is 35.5 Å². The lowest BCUT2D eigenvalue weighted by Crippen LogP contribution is -1.85. The minimum absolute atomic E-state index is 0.225. The van der Waals surface area contributed by atoms with Crippen LogP contribution in [0, 0.1) is 12.3 Å². The molecule has 4 heteroatoms. The molecule has 0 aliphatic carbocycles. The average Bonchev–Trinajstić information content (AvgIpc) is 2.14. The Morgan fingerprint density at radius 2 is 2.08 bits per heavy atom. The van der Waals surface area contributed by atoms with E-state index in [1.54, 1.807) is 12.2 Å². The maximum atomic E-state index is 10.8. The average molecular weight is 199 g/mol. The third kappa shape index (κ3) is 8.97. The minimum atomic E-state index is -2.03. The first-order valence-electron chi connectivity index (χ1n) is 3.73. The Hall–Kier alpha value is -0.940. The van der Waals surface area contributed by atoms with Gasteiger partial charge in [0.15, 0.2) is 0 Å². The summed E-state index contributed by atoms with van der Waals surface area (Å²) in [5.74, 6) is 2.43. The van der Waals surface area contributed by atoms with Gasteiger partial charge in [0.1, 0.15) is 13.2 Å². The summed E-state index contributed by atoms with van der Waals surface area (Å²) in [7, 11) is -2.03. The van der Waals surface area contributed by atoms with Gasteiger partial charge in [-0.3, -0.25) is 0 Å². The van der Waals surface area contributed by atoms with Crippen molar-refractivity contribution in [2.75, 3.05) is 13.2 Å². The van der Waals surface area contributed by atoms with Crippen LogP contribution in [0.15, 0.2) is 24.8 Å². The zero-order valence-corrected chi connectivity index (χ0v) is 8.20. The van der Waals surface area contributed by atoms with Gasteiger partial charge in [0.05, 0.1) is 0 Å². The van der Waals surface area contributed by atoms with Crippen LogP contribution in [-0.4, -0.2) is 13.2 Å². The van der Waals surface area contributed by atoms with E-state index in [0.717, 1.165) is 0 Å². The summed E-state index contributed by atoms with van der Waals surface area (Å²) >= 11 is 0. The Morgan fingerprint density at radius 3 is 2.69 bits per heavy atom. The van der Waals surface area contributed by atoms with Gasteiger partial charge < -0.3 is 0 Å². The number of terminal acetylenes is 1. The highest BCUT2D eigenvalue weighted by Crippen LogP contribution is 2.22. The quantitative estimate of drug-likeness (QED) is 0.359. The van der Waals surface area contributed by atoms with E-state index in [0.29, 0.717) is 6.42 Å². The molecule has 0 N–H and O–H groups in total. The summed E-state index contributed by atoms with van der Waals surface area (Å²) in [5.41, 5.74) is 0. The molecular formula is C9H12O3P+. The maximum absolute atomic E-state index is 10.8. The highest BCUT2D eigenvalue weighted by Gasteiger charge is 2.17. The first-order chi connectivity index (χ1) is 6.31. The normalized spacial score (nSPS) is 11.2. The Morgan fingerprint density at radius 1 is 1.38 bits per heavy atom. The van der Waals surface area contributed by atoms with E-state index < -0.39 is 8.25 Å². The van der Waals surface area contributed by atoms with E-state index in [2.05, 4.69) is 12.5 Å². The van der Waals surface area contributed by atoms with Gasteiger partial charge in [-0.1, -0.05) is 18.2 Å². The lowest BCUT2D eigenvalue weighted by atomic mass is 10.4. The molecule has 0 saturated heterocycles. The molecule has 0 fully saturated rings. The predicted octanol–water partition coefficient (Wildman–Crippen LogP) is 2.44. The summed E-state index contributed by atoms with van der Waals surface area (Å²) in [6.45, 7) is 3.88. The summed E-state index contributed by atoms with van der Waals surface area (Å²) in [4.78, 5) is 0. The first kappa shape index (κ1) is 12.1. The second kappa shape index (κ2) is 9.15. The highest BCUT2D eigenvalue weighted by molar-refractivity contribution is 7.33. The van der Waals surface area contributed by atoms with Gasteiger partial charge in [-0.05, 0) is 0 Å². The third-order valence-corrected chi connectivity index (χ3v) is 1.70. The Kier molecular flexibility index (Phi) is 8.49. The summed E-state index contributed by atoms with van der Waals surface area (Å²) < 4.78 is 20.3. The van der Waals surface area contributed by atoms with E-state index in [-0.39, 0.29) is 13.2 Å². The van der Waals surface area contributed by atoms with Crippen molar-refractivity contribution in [3.05, 3.63) is 24.8 Å². The van der Waals surface area contributed by atoms with Crippen LogP contribution in [0.3, 0.4) is 0 Å². The van der Waals surface area contributed by atoms with E-state index in [9.17, 15) is 4.57 Å². The van der Waals surface area contributed by atoms with Gasteiger partial charge >= 0.3 is 8.25 Å². The zero-order chi connectivity index (χ0) is 9.94. The van der Waals surface area contributed by atoms with Crippen LogP contribution in [0.1, 0.15) is 6.42 Å². The van der Waals surface area contributed by atoms with Crippen molar-refractivity contribution in [2.24, 2.45) is 0 Å². The number of hydrogen-bond acceptors (Lipinski definition) is 3. The highest BCUT2D eigenvalue weighted by atomic mass is 31.1. The lowest BCUT2D eigenvalue weighted by Gasteiger charge is -1.83. The second-order valence-corrected chi connectivity index (χ2v) is 2.95. The Labute approximate surface area is 79.4 Å². The standard InChI is InChI=1S/C9H12O3P/c1-3-5-6-7-9-12-13(10)11-8-4-2/h1,4,6-7H,2,5,8-9H2/q+1. The molecular weight excluding hydrogens is 187 g/mol. The fraction of sp³-hybridized carbons (Fsp3) is 0.333. The molecule has 0 aromatic carbocycles. The van der Waals surface area contributed by atoms with Crippen molar-refractivity contribution in [3.8, 4) is 12.3 Å². The van der Waals surface area contributed by atoms with E-state index in [1.807, 2.05) is 0 Å². The second-order valence-electron chi connectivity index (χ2n) is 1.98. The van der Waals surface area contributed by atoms with Crippen LogP contribution >= 0.6 is 8.25 Å². The van der Waals surface area contributed by atoms with Crippen molar-refractivity contribution in [1.29, 1.82) is 0 Å². The minimum Gasteiger partial charge on any atom is -0.120 e. The largest absolute Gasteiger partial charge is 0.698 e. The molecule has 0 bridgehead atoms. The molecule has 0 amide bonds. The molecule has 0 aliphatic heterocycles. The molecule has 0 radical (unpaired) electrons. The van der Waals surface area contributed by atoms with Crippen LogP contribution in [0.2, 0.25) is 0 Å². The molecule has 0 saturated carbocycles. The number of rotatable bonds is 7. The number of allylic oxidation sites excluding steroid dienone is 1. The Bertz CT molecular complexity index is 228. The van der Waals surface area contributed by atoms with E-state index >= 15 is 0 Å². The molecule has 0 spiro atoms. The molecule has 3 nitrogen and oxygen atoms in total. The van der Waals surface area contributed by atoms with Gasteiger partial charge in [-0.25, -0.2) is 0 Å². The summed E-state index contributed by atoms with van der Waals surface area (Å²) in [6, 6.07) is 0. The fourth-order valence-electron chi connectivity index (χ4n) is 0.474. The molecule has 13 heavy (non-hydrogen) atoms. The fourth-order valence-corrected chi connectivity index (χ4v) is 0.984. The van der Waals surface area contributed by atoms with Crippen LogP contribution < -0.4 is 0 Å².